The van der Waals surface area contributed by atoms with E-state index in [0.717, 1.165) is 32.4 Å². The average molecular weight is 209 g/mol. The Balaban J connectivity index is 1.83. The Kier molecular flexibility index (Phi) is 5.78. The molecule has 0 aromatic heterocycles. The molecule has 1 aliphatic rings. The van der Waals surface area contributed by atoms with Crippen LogP contribution in [-0.2, 0) is 4.79 Å². The zero-order valence-corrected chi connectivity index (χ0v) is 8.98. The maximum Gasteiger partial charge on any atom is 0.303 e. The molecule has 0 fully saturated rings. The third-order valence-corrected chi connectivity index (χ3v) is 2.45. The number of hydrogen-bond donors (Lipinski definition) is 2. The van der Waals surface area contributed by atoms with Crippen LogP contribution in [0.25, 0.3) is 0 Å². The molecule has 0 amide bonds. The van der Waals surface area contributed by atoms with E-state index in [0.29, 0.717) is 12.3 Å². The van der Waals surface area contributed by atoms with Crippen LogP contribution in [0.15, 0.2) is 24.3 Å². The molecule has 0 atom stereocenters. The molecule has 15 heavy (non-hydrogen) atoms. The van der Waals surface area contributed by atoms with Crippen LogP contribution in [0.4, 0.5) is 0 Å². The fraction of sp³-hybridized carbons (Fsp3) is 0.583. The summed E-state index contributed by atoms with van der Waals surface area (Å²) in [6.07, 6.45) is 11.6. The minimum Gasteiger partial charge on any atom is -0.481 e. The van der Waals surface area contributed by atoms with Crippen molar-refractivity contribution >= 4 is 5.97 Å². The second-order valence-electron chi connectivity index (χ2n) is 3.84. The maximum atomic E-state index is 10.2. The molecule has 0 heterocycles. The van der Waals surface area contributed by atoms with Crippen LogP contribution in [-0.4, -0.2) is 24.2 Å². The van der Waals surface area contributed by atoms with Gasteiger partial charge in [-0.2, -0.15) is 0 Å². The minimum absolute atomic E-state index is 0.300. The van der Waals surface area contributed by atoms with E-state index < -0.39 is 5.97 Å². The summed E-state index contributed by atoms with van der Waals surface area (Å²) in [5.41, 5.74) is 0. The van der Waals surface area contributed by atoms with Crippen LogP contribution in [0.3, 0.4) is 0 Å². The van der Waals surface area contributed by atoms with Gasteiger partial charge in [0, 0.05) is 18.9 Å². The topological polar surface area (TPSA) is 49.3 Å². The largest absolute Gasteiger partial charge is 0.481 e. The van der Waals surface area contributed by atoms with Gasteiger partial charge in [0.2, 0.25) is 0 Å². The van der Waals surface area contributed by atoms with E-state index in [-0.39, 0.29) is 0 Å². The van der Waals surface area contributed by atoms with Crippen LogP contribution in [0.1, 0.15) is 25.7 Å². The molecule has 3 nitrogen and oxygen atoms in total. The Bertz CT molecular complexity index is 234. The van der Waals surface area contributed by atoms with Crippen molar-refractivity contribution in [2.24, 2.45) is 5.92 Å². The predicted molar refractivity (Wildman–Crippen MR) is 60.7 cm³/mol. The van der Waals surface area contributed by atoms with Gasteiger partial charge in [-0.05, 0) is 19.4 Å². The highest BCUT2D eigenvalue weighted by Crippen LogP contribution is 2.06. The van der Waals surface area contributed by atoms with Crippen molar-refractivity contribution < 1.29 is 9.90 Å². The van der Waals surface area contributed by atoms with Crippen LogP contribution in [0.2, 0.25) is 0 Å². The molecule has 0 radical (unpaired) electrons. The van der Waals surface area contributed by atoms with E-state index in [1.807, 2.05) is 0 Å². The van der Waals surface area contributed by atoms with Gasteiger partial charge < -0.3 is 10.4 Å². The fourth-order valence-electron chi connectivity index (χ4n) is 1.59. The van der Waals surface area contributed by atoms with Gasteiger partial charge in [-0.15, -0.1) is 0 Å². The van der Waals surface area contributed by atoms with Crippen molar-refractivity contribution in [3.05, 3.63) is 24.3 Å². The van der Waals surface area contributed by atoms with E-state index in [1.54, 1.807) is 0 Å². The van der Waals surface area contributed by atoms with Crippen LogP contribution in [0.5, 0.6) is 0 Å². The molecule has 0 unspecified atom stereocenters. The summed E-state index contributed by atoms with van der Waals surface area (Å²) in [7, 11) is 0. The molecule has 0 saturated heterocycles. The fourth-order valence-corrected chi connectivity index (χ4v) is 1.59. The summed E-state index contributed by atoms with van der Waals surface area (Å²) in [6, 6.07) is 0. The first-order valence-corrected chi connectivity index (χ1v) is 5.56. The molecular weight excluding hydrogens is 190 g/mol. The van der Waals surface area contributed by atoms with Crippen LogP contribution >= 0.6 is 0 Å². The van der Waals surface area contributed by atoms with Crippen molar-refractivity contribution in [1.82, 2.24) is 5.32 Å². The van der Waals surface area contributed by atoms with Gasteiger partial charge in [-0.1, -0.05) is 30.7 Å². The second kappa shape index (κ2) is 7.23. The Hall–Kier alpha value is -1.09. The van der Waals surface area contributed by atoms with Crippen LogP contribution < -0.4 is 5.32 Å². The van der Waals surface area contributed by atoms with Crippen LogP contribution in [0, 0.1) is 5.92 Å². The number of allylic oxidation sites excluding steroid dienone is 2. The Labute approximate surface area is 90.9 Å². The number of aliphatic carboxylic acids is 1. The number of rotatable bonds is 8. The van der Waals surface area contributed by atoms with E-state index in [1.165, 1.54) is 0 Å². The summed E-state index contributed by atoms with van der Waals surface area (Å²) in [5, 5.41) is 11.8. The van der Waals surface area contributed by atoms with E-state index in [4.69, 9.17) is 5.11 Å². The average Bonchev–Trinajstić information content (AvgIpc) is 2.68. The molecular formula is C12H19NO2. The number of unbranched alkanes of at least 4 members (excludes halogenated alkanes) is 2. The molecule has 0 saturated carbocycles. The monoisotopic (exact) mass is 209 g/mol. The standard InChI is InChI=1S/C12H19NO2/c14-12(15)8-2-1-5-9-13-10-11-6-3-4-7-11/h3-4,6-7,11,13H,1-2,5,8-10H2,(H,14,15). The van der Waals surface area contributed by atoms with E-state index in [9.17, 15) is 4.79 Å². The quantitative estimate of drug-likeness (QED) is 0.601. The number of nitrogens with one attached hydrogen (secondary N) is 1. The smallest absolute Gasteiger partial charge is 0.303 e. The normalized spacial score (nSPS) is 14.9. The van der Waals surface area contributed by atoms with Gasteiger partial charge in [0.15, 0.2) is 0 Å². The van der Waals surface area contributed by atoms with Gasteiger partial charge in [0.1, 0.15) is 0 Å². The molecule has 2 N–H and O–H groups in total. The highest BCUT2D eigenvalue weighted by Gasteiger charge is 2.02. The van der Waals surface area contributed by atoms with Gasteiger partial charge in [-0.3, -0.25) is 4.79 Å². The number of hydrogen-bond acceptors (Lipinski definition) is 2. The SMILES string of the molecule is O=C(O)CCCCCNCC1C=CC=C1. The summed E-state index contributed by atoms with van der Waals surface area (Å²) in [4.78, 5) is 10.2. The number of carboxylic acids is 1. The number of carboxylic acid groups (broad SMARTS) is 1. The van der Waals surface area contributed by atoms with E-state index in [2.05, 4.69) is 29.6 Å². The minimum atomic E-state index is -0.691. The second-order valence-corrected chi connectivity index (χ2v) is 3.84. The Morgan fingerprint density at radius 1 is 1.20 bits per heavy atom. The van der Waals surface area contributed by atoms with Gasteiger partial charge >= 0.3 is 5.97 Å². The molecule has 1 aliphatic carbocycles. The summed E-state index contributed by atoms with van der Waals surface area (Å²) in [6.45, 7) is 1.98. The molecule has 1 rings (SSSR count). The van der Waals surface area contributed by atoms with Gasteiger partial charge in [0.05, 0.1) is 0 Å². The lowest BCUT2D eigenvalue weighted by Crippen LogP contribution is -2.21. The van der Waals surface area contributed by atoms with Crippen molar-refractivity contribution in [1.29, 1.82) is 0 Å². The van der Waals surface area contributed by atoms with E-state index >= 15 is 0 Å². The molecule has 0 spiro atoms. The Morgan fingerprint density at radius 3 is 2.60 bits per heavy atom. The first kappa shape index (κ1) is 12.0. The lowest BCUT2D eigenvalue weighted by Gasteiger charge is -2.07. The first-order chi connectivity index (χ1) is 7.29. The highest BCUT2D eigenvalue weighted by molar-refractivity contribution is 5.66. The molecule has 84 valence electrons. The summed E-state index contributed by atoms with van der Waals surface area (Å²) >= 11 is 0. The third kappa shape index (κ3) is 6.07. The molecule has 0 aromatic rings. The molecule has 0 aromatic carbocycles. The lowest BCUT2D eigenvalue weighted by molar-refractivity contribution is -0.137. The lowest BCUT2D eigenvalue weighted by atomic mass is 10.1. The molecule has 0 aliphatic heterocycles. The zero-order valence-electron chi connectivity index (χ0n) is 8.98. The Morgan fingerprint density at radius 2 is 1.93 bits per heavy atom. The van der Waals surface area contributed by atoms with Crippen molar-refractivity contribution in [3.63, 3.8) is 0 Å². The maximum absolute atomic E-state index is 10.2. The summed E-state index contributed by atoms with van der Waals surface area (Å²) in [5.74, 6) is -0.145. The zero-order chi connectivity index (χ0) is 10.9. The molecule has 3 heteroatoms. The predicted octanol–water partition coefficient (Wildman–Crippen LogP) is 1.96. The highest BCUT2D eigenvalue weighted by atomic mass is 16.4. The van der Waals surface area contributed by atoms with Crippen molar-refractivity contribution in [2.45, 2.75) is 25.7 Å². The van der Waals surface area contributed by atoms with Gasteiger partial charge in [0.25, 0.3) is 0 Å². The number of carbonyl (C=O) groups is 1. The van der Waals surface area contributed by atoms with Crippen molar-refractivity contribution in [2.75, 3.05) is 13.1 Å². The van der Waals surface area contributed by atoms with Crippen molar-refractivity contribution in [3.8, 4) is 0 Å². The first-order valence-electron chi connectivity index (χ1n) is 5.56. The third-order valence-electron chi connectivity index (χ3n) is 2.45. The molecule has 0 bridgehead atoms. The van der Waals surface area contributed by atoms with Gasteiger partial charge in [-0.25, -0.2) is 0 Å². The summed E-state index contributed by atoms with van der Waals surface area (Å²) < 4.78 is 0.